The van der Waals surface area contributed by atoms with Crippen LogP contribution in [0.3, 0.4) is 0 Å². The van der Waals surface area contributed by atoms with Crippen molar-refractivity contribution in [3.8, 4) is 11.5 Å². The van der Waals surface area contributed by atoms with Crippen LogP contribution in [-0.4, -0.2) is 31.6 Å². The van der Waals surface area contributed by atoms with E-state index in [1.165, 1.54) is 0 Å². The van der Waals surface area contributed by atoms with Crippen molar-refractivity contribution in [3.05, 3.63) is 99.5 Å². The maximum atomic E-state index is 13.5. The molecule has 0 atom stereocenters. The molecule has 0 fully saturated rings. The highest BCUT2D eigenvalue weighted by Gasteiger charge is 2.23. The van der Waals surface area contributed by atoms with Crippen molar-refractivity contribution >= 4 is 31.7 Å². The van der Waals surface area contributed by atoms with Crippen LogP contribution in [0.5, 0.6) is 0 Å². The second-order valence-electron chi connectivity index (χ2n) is 7.85. The van der Waals surface area contributed by atoms with Crippen LogP contribution in [0.15, 0.2) is 93.1 Å². The summed E-state index contributed by atoms with van der Waals surface area (Å²) in [6.07, 6.45) is 0. The molecule has 0 saturated carbocycles. The minimum Gasteiger partial charge on any atom is -0.452 e. The van der Waals surface area contributed by atoms with Crippen molar-refractivity contribution in [1.82, 2.24) is 9.56 Å². The number of hydrogen-bond acceptors (Lipinski definition) is 7. The molecule has 0 amide bonds. The van der Waals surface area contributed by atoms with Crippen molar-refractivity contribution < 1.29 is 17.9 Å². The Morgan fingerprint density at radius 3 is 2.11 bits per heavy atom. The number of hydrogen-bond donors (Lipinski definition) is 0. The maximum Gasteiger partial charge on any atom is 0.207 e. The van der Waals surface area contributed by atoms with Crippen molar-refractivity contribution in [2.75, 3.05) is 13.1 Å². The zero-order valence-electron chi connectivity index (χ0n) is 19.6. The van der Waals surface area contributed by atoms with Crippen molar-refractivity contribution in [3.63, 3.8) is 0 Å². The lowest BCUT2D eigenvalue weighted by atomic mass is 10.1. The van der Waals surface area contributed by atoms with Gasteiger partial charge in [0.15, 0.2) is 11.3 Å². The smallest absolute Gasteiger partial charge is 0.207 e. The molecule has 0 radical (unpaired) electrons. The van der Waals surface area contributed by atoms with Crippen LogP contribution < -0.4 is 9.93 Å². The predicted octanol–water partition coefficient (Wildman–Crippen LogP) is 4.49. The lowest BCUT2D eigenvalue weighted by molar-refractivity contribution is -0.402. The first-order valence-electron chi connectivity index (χ1n) is 11.2. The van der Waals surface area contributed by atoms with Gasteiger partial charge in [-0.25, -0.2) is 18.0 Å². The number of aromatic nitrogens is 1. The Labute approximate surface area is 207 Å². The van der Waals surface area contributed by atoms with E-state index in [-0.39, 0.29) is 9.79 Å². The standard InChI is InChI=1S/C26H23N2O3S.NO3/c1-3-28(4-2)18-14-15-22-23(16-18)31-24-17-25(32(29,30)19-10-6-5-7-11-19)20-12-8-9-13-21(20)26(24)27-22;2-1(3)4/h5-17H,3-4H2,1-2H3;/q+1;-1. The summed E-state index contributed by atoms with van der Waals surface area (Å²) in [6.45, 7) is 5.98. The molecule has 0 saturated heterocycles. The summed E-state index contributed by atoms with van der Waals surface area (Å²) in [5.41, 5.74) is 1.83. The highest BCUT2D eigenvalue weighted by molar-refractivity contribution is 7.91. The Morgan fingerprint density at radius 2 is 1.47 bits per heavy atom. The summed E-state index contributed by atoms with van der Waals surface area (Å²) in [7, 11) is -3.74. The SMILES string of the molecule is CC[N+](CC)=c1ccc2nc3c(cc(S(=O)(=O)c4ccccc4)c4ccccc43)oc-2c1.O=[N+]([O-])[O-]. The highest BCUT2D eigenvalue weighted by Crippen LogP contribution is 2.35. The van der Waals surface area contributed by atoms with Gasteiger partial charge in [0.2, 0.25) is 15.2 Å². The second kappa shape index (κ2) is 10.1. The van der Waals surface area contributed by atoms with E-state index in [4.69, 9.17) is 24.7 Å². The quantitative estimate of drug-likeness (QED) is 0.116. The molecule has 2 aliphatic rings. The normalized spacial score (nSPS) is 11.3. The van der Waals surface area contributed by atoms with Gasteiger partial charge >= 0.3 is 0 Å². The van der Waals surface area contributed by atoms with E-state index in [1.807, 2.05) is 42.5 Å². The molecule has 0 unspecified atom stereocenters. The second-order valence-corrected chi connectivity index (χ2v) is 9.76. The lowest BCUT2D eigenvalue weighted by Crippen LogP contribution is -2.29. The van der Waals surface area contributed by atoms with E-state index in [9.17, 15) is 8.42 Å². The molecule has 0 bridgehead atoms. The predicted molar refractivity (Wildman–Crippen MR) is 137 cm³/mol. The fraction of sp³-hybridized carbons (Fsp3) is 0.154. The molecule has 184 valence electrons. The number of benzene rings is 4. The van der Waals surface area contributed by atoms with Crippen LogP contribution in [0.25, 0.3) is 33.3 Å². The van der Waals surface area contributed by atoms with Gasteiger partial charge < -0.3 is 19.7 Å². The van der Waals surface area contributed by atoms with Crippen LogP contribution in [0.2, 0.25) is 0 Å². The minimum absolute atomic E-state index is 0.219. The molecule has 1 aliphatic heterocycles. The first-order valence-corrected chi connectivity index (χ1v) is 12.7. The molecule has 3 aromatic rings. The minimum atomic E-state index is -3.74. The van der Waals surface area contributed by atoms with Gasteiger partial charge in [0.05, 0.1) is 20.9 Å². The average molecular weight is 506 g/mol. The van der Waals surface area contributed by atoms with Gasteiger partial charge in [-0.2, -0.15) is 0 Å². The third-order valence-electron chi connectivity index (χ3n) is 5.81. The summed E-state index contributed by atoms with van der Waals surface area (Å²) < 4.78 is 35.5. The van der Waals surface area contributed by atoms with Crippen molar-refractivity contribution in [2.24, 2.45) is 0 Å². The Morgan fingerprint density at radius 1 is 0.861 bits per heavy atom. The largest absolute Gasteiger partial charge is 0.452 e. The summed E-state index contributed by atoms with van der Waals surface area (Å²) in [5.74, 6) is 0.625. The van der Waals surface area contributed by atoms with Crippen LogP contribution in [-0.2, 0) is 9.84 Å². The molecule has 10 heteroatoms. The molecule has 3 aromatic carbocycles. The molecular formula is C26H23N3O6S. The van der Waals surface area contributed by atoms with Crippen LogP contribution in [0.1, 0.15) is 13.8 Å². The van der Waals surface area contributed by atoms with E-state index in [0.717, 1.165) is 29.5 Å². The van der Waals surface area contributed by atoms with Crippen molar-refractivity contribution in [2.45, 2.75) is 23.6 Å². The zero-order valence-corrected chi connectivity index (χ0v) is 20.4. The number of nitrogens with zero attached hydrogens (tertiary/aromatic N) is 3. The topological polar surface area (TPSA) is 129 Å². The van der Waals surface area contributed by atoms with Crippen LogP contribution >= 0.6 is 0 Å². The third-order valence-corrected chi connectivity index (χ3v) is 7.62. The Balaban J connectivity index is 0.000000709. The van der Waals surface area contributed by atoms with Gasteiger partial charge in [-0.3, -0.25) is 0 Å². The summed E-state index contributed by atoms with van der Waals surface area (Å²) in [6, 6.07) is 23.5. The molecule has 36 heavy (non-hydrogen) atoms. The van der Waals surface area contributed by atoms with Gasteiger partial charge in [-0.15, -0.1) is 0 Å². The molecule has 0 spiro atoms. The van der Waals surface area contributed by atoms with E-state index < -0.39 is 14.9 Å². The fourth-order valence-electron chi connectivity index (χ4n) is 4.15. The monoisotopic (exact) mass is 505 g/mol. The first kappa shape index (κ1) is 24.8. The van der Waals surface area contributed by atoms with E-state index >= 15 is 0 Å². The first-order chi connectivity index (χ1) is 17.3. The Hall–Kier alpha value is -4.31. The van der Waals surface area contributed by atoms with E-state index in [2.05, 4.69) is 18.4 Å². The van der Waals surface area contributed by atoms with Crippen LogP contribution in [0, 0.1) is 15.3 Å². The molecule has 5 rings (SSSR count). The molecule has 0 aromatic heterocycles. The molecule has 0 N–H and O–H groups in total. The molecule has 1 aliphatic carbocycles. The van der Waals surface area contributed by atoms with Gasteiger partial charge in [0, 0.05) is 22.9 Å². The number of rotatable bonds is 4. The maximum absolute atomic E-state index is 13.5. The third kappa shape index (κ3) is 4.76. The van der Waals surface area contributed by atoms with E-state index in [0.29, 0.717) is 22.2 Å². The molecular weight excluding hydrogens is 482 g/mol. The van der Waals surface area contributed by atoms with Gasteiger partial charge in [0.25, 0.3) is 0 Å². The number of sulfone groups is 1. The van der Waals surface area contributed by atoms with Gasteiger partial charge in [-0.1, -0.05) is 42.5 Å². The van der Waals surface area contributed by atoms with Gasteiger partial charge in [0.1, 0.15) is 24.3 Å². The summed E-state index contributed by atoms with van der Waals surface area (Å²) in [4.78, 5) is 13.6. The Bertz CT molecular complexity index is 1700. The van der Waals surface area contributed by atoms with E-state index in [1.54, 1.807) is 36.4 Å². The number of fused-ring (bicyclic) bond motifs is 4. The molecule has 9 nitrogen and oxygen atoms in total. The zero-order chi connectivity index (χ0) is 25.9. The average Bonchev–Trinajstić information content (AvgIpc) is 2.88. The van der Waals surface area contributed by atoms with Gasteiger partial charge in [-0.05, 0) is 32.0 Å². The highest BCUT2D eigenvalue weighted by atomic mass is 32.2. The Kier molecular flexibility index (Phi) is 6.98. The molecule has 1 heterocycles. The van der Waals surface area contributed by atoms with Crippen molar-refractivity contribution in [1.29, 1.82) is 0 Å². The summed E-state index contributed by atoms with van der Waals surface area (Å²) >= 11 is 0. The van der Waals surface area contributed by atoms with Crippen LogP contribution in [0.4, 0.5) is 0 Å². The summed E-state index contributed by atoms with van der Waals surface area (Å²) in [5, 5.41) is 17.2. The lowest BCUT2D eigenvalue weighted by Gasteiger charge is -2.12. The fourth-order valence-corrected chi connectivity index (χ4v) is 5.64.